The Bertz CT molecular complexity index is 856. The largest absolute Gasteiger partial charge is 0.456 e. The smallest absolute Gasteiger partial charge is 0.306 e. The lowest BCUT2D eigenvalue weighted by atomic mass is 10.2. The first-order valence-corrected chi connectivity index (χ1v) is 9.17. The predicted molar refractivity (Wildman–Crippen MR) is 107 cm³/mol. The van der Waals surface area contributed by atoms with Gasteiger partial charge in [-0.05, 0) is 42.8 Å². The molecule has 0 fully saturated rings. The number of rotatable bonds is 8. The van der Waals surface area contributed by atoms with E-state index in [1.54, 1.807) is 54.6 Å². The van der Waals surface area contributed by atoms with Gasteiger partial charge in [-0.15, -0.1) is 0 Å². The van der Waals surface area contributed by atoms with Crippen LogP contribution in [0.4, 0.5) is 5.69 Å². The number of anilines is 1. The number of hydrogen-bond acceptors (Lipinski definition) is 5. The number of amides is 3. The van der Waals surface area contributed by atoms with Crippen LogP contribution in [0.2, 0.25) is 5.02 Å². The van der Waals surface area contributed by atoms with Gasteiger partial charge < -0.3 is 10.1 Å². The molecule has 0 saturated carbocycles. The molecule has 0 unspecified atom stereocenters. The highest BCUT2D eigenvalue weighted by Crippen LogP contribution is 2.13. The Morgan fingerprint density at radius 2 is 1.52 bits per heavy atom. The third-order valence-electron chi connectivity index (χ3n) is 3.63. The summed E-state index contributed by atoms with van der Waals surface area (Å²) in [6.45, 7) is -0.430. The Morgan fingerprint density at radius 3 is 2.21 bits per heavy atom. The second-order valence-electron chi connectivity index (χ2n) is 5.94. The number of hydrogen-bond donors (Lipinski definition) is 3. The Balaban J connectivity index is 1.57. The van der Waals surface area contributed by atoms with E-state index in [0.29, 0.717) is 16.3 Å². The van der Waals surface area contributed by atoms with E-state index in [4.69, 9.17) is 16.3 Å². The first kappa shape index (κ1) is 21.9. The molecule has 0 aliphatic carbocycles. The molecule has 0 spiro atoms. The number of carbonyl (C=O) groups excluding carboxylic acids is 4. The molecule has 3 amide bonds. The molecule has 3 N–H and O–H groups in total. The lowest BCUT2D eigenvalue weighted by molar-refractivity contribution is -0.147. The molecule has 9 heteroatoms. The maximum Gasteiger partial charge on any atom is 0.306 e. The van der Waals surface area contributed by atoms with Crippen molar-refractivity contribution >= 4 is 41.0 Å². The monoisotopic (exact) mass is 417 g/mol. The third kappa shape index (κ3) is 8.44. The molecule has 0 heterocycles. The summed E-state index contributed by atoms with van der Waals surface area (Å²) < 4.78 is 4.86. The Hall–Kier alpha value is -3.39. The van der Waals surface area contributed by atoms with Crippen molar-refractivity contribution in [2.24, 2.45) is 0 Å². The summed E-state index contributed by atoms with van der Waals surface area (Å²) in [7, 11) is 0. The van der Waals surface area contributed by atoms with Gasteiger partial charge in [-0.25, -0.2) is 0 Å². The summed E-state index contributed by atoms with van der Waals surface area (Å²) in [6, 6.07) is 14.9. The molecule has 29 heavy (non-hydrogen) atoms. The minimum Gasteiger partial charge on any atom is -0.456 e. The Kier molecular flexibility index (Phi) is 8.65. The second kappa shape index (κ2) is 11.5. The first-order valence-electron chi connectivity index (χ1n) is 8.79. The van der Waals surface area contributed by atoms with Crippen LogP contribution >= 0.6 is 11.6 Å². The van der Waals surface area contributed by atoms with Crippen LogP contribution in [0.25, 0.3) is 0 Å². The zero-order valence-corrected chi connectivity index (χ0v) is 16.2. The quantitative estimate of drug-likeness (QED) is 0.451. The van der Waals surface area contributed by atoms with Crippen molar-refractivity contribution in [3.8, 4) is 0 Å². The van der Waals surface area contributed by atoms with Crippen LogP contribution in [0, 0.1) is 0 Å². The topological polar surface area (TPSA) is 114 Å². The van der Waals surface area contributed by atoms with Crippen LogP contribution in [0.15, 0.2) is 54.6 Å². The SMILES string of the molecule is O=C(CCCC(=O)OCC(=O)Nc1ccc(Cl)cc1)NNC(=O)c1ccccc1. The van der Waals surface area contributed by atoms with E-state index in [1.165, 1.54) is 0 Å². The summed E-state index contributed by atoms with van der Waals surface area (Å²) >= 11 is 5.75. The van der Waals surface area contributed by atoms with Crippen molar-refractivity contribution in [1.29, 1.82) is 0 Å². The fourth-order valence-corrected chi connectivity index (χ4v) is 2.32. The predicted octanol–water partition coefficient (Wildman–Crippen LogP) is 2.45. The number of ether oxygens (including phenoxy) is 1. The molecule has 0 bridgehead atoms. The molecule has 0 saturated heterocycles. The van der Waals surface area contributed by atoms with Gasteiger partial charge >= 0.3 is 5.97 Å². The molecule has 152 valence electrons. The lowest BCUT2D eigenvalue weighted by Crippen LogP contribution is -2.41. The van der Waals surface area contributed by atoms with E-state index in [0.717, 1.165) is 0 Å². The fourth-order valence-electron chi connectivity index (χ4n) is 2.19. The summed E-state index contributed by atoms with van der Waals surface area (Å²) in [5.74, 6) is -1.97. The van der Waals surface area contributed by atoms with Crippen LogP contribution in [0.1, 0.15) is 29.6 Å². The molecule has 0 atom stereocenters. The summed E-state index contributed by atoms with van der Waals surface area (Å²) in [5, 5.41) is 3.10. The zero-order chi connectivity index (χ0) is 21.1. The molecule has 2 aromatic rings. The van der Waals surface area contributed by atoms with Crippen LogP contribution in [0.5, 0.6) is 0 Å². The average Bonchev–Trinajstić information content (AvgIpc) is 2.73. The molecule has 2 aromatic carbocycles. The molecule has 8 nitrogen and oxygen atoms in total. The maximum absolute atomic E-state index is 11.8. The van der Waals surface area contributed by atoms with Crippen LogP contribution < -0.4 is 16.2 Å². The van der Waals surface area contributed by atoms with E-state index < -0.39 is 30.3 Å². The van der Waals surface area contributed by atoms with Gasteiger partial charge in [0.05, 0.1) is 0 Å². The number of benzene rings is 2. The molecule has 2 rings (SSSR count). The number of nitrogens with one attached hydrogen (secondary N) is 3. The second-order valence-corrected chi connectivity index (χ2v) is 6.37. The van der Waals surface area contributed by atoms with Crippen molar-refractivity contribution in [1.82, 2.24) is 10.9 Å². The van der Waals surface area contributed by atoms with Gasteiger partial charge in [0.15, 0.2) is 6.61 Å². The fraction of sp³-hybridized carbons (Fsp3) is 0.200. The minimum absolute atomic E-state index is 0.0150. The van der Waals surface area contributed by atoms with Gasteiger partial charge in [-0.1, -0.05) is 29.8 Å². The van der Waals surface area contributed by atoms with Crippen molar-refractivity contribution in [2.75, 3.05) is 11.9 Å². The first-order chi connectivity index (χ1) is 13.9. The molecule has 0 radical (unpaired) electrons. The summed E-state index contributed by atoms with van der Waals surface area (Å²) in [4.78, 5) is 46.9. The summed E-state index contributed by atoms with van der Waals surface area (Å²) in [6.07, 6.45) is 0.195. The standard InChI is InChI=1S/C20H20ClN3O5/c21-15-9-11-16(12-10-15)22-18(26)13-29-19(27)8-4-7-17(25)23-24-20(28)14-5-2-1-3-6-14/h1-3,5-6,9-12H,4,7-8,13H2,(H,22,26)(H,23,25)(H,24,28). The van der Waals surface area contributed by atoms with E-state index in [9.17, 15) is 19.2 Å². The van der Waals surface area contributed by atoms with Crippen molar-refractivity contribution < 1.29 is 23.9 Å². The highest BCUT2D eigenvalue weighted by atomic mass is 35.5. The highest BCUT2D eigenvalue weighted by Gasteiger charge is 2.10. The molecule has 0 aromatic heterocycles. The van der Waals surface area contributed by atoms with Gasteiger partial charge in [0.1, 0.15) is 0 Å². The molecule has 0 aliphatic rings. The van der Waals surface area contributed by atoms with Crippen molar-refractivity contribution in [3.05, 3.63) is 65.2 Å². The Morgan fingerprint density at radius 1 is 0.828 bits per heavy atom. The molecular weight excluding hydrogens is 398 g/mol. The highest BCUT2D eigenvalue weighted by molar-refractivity contribution is 6.30. The van der Waals surface area contributed by atoms with E-state index in [2.05, 4.69) is 16.2 Å². The number of halogens is 1. The van der Waals surface area contributed by atoms with Gasteiger partial charge in [-0.3, -0.25) is 30.0 Å². The van der Waals surface area contributed by atoms with Crippen molar-refractivity contribution in [3.63, 3.8) is 0 Å². The number of hydrazine groups is 1. The lowest BCUT2D eigenvalue weighted by Gasteiger charge is -2.08. The maximum atomic E-state index is 11.8. The van der Waals surface area contributed by atoms with Gasteiger partial charge in [0, 0.05) is 29.1 Å². The van der Waals surface area contributed by atoms with Gasteiger partial charge in [-0.2, -0.15) is 0 Å². The van der Waals surface area contributed by atoms with Gasteiger partial charge in [0.2, 0.25) is 5.91 Å². The van der Waals surface area contributed by atoms with Crippen LogP contribution in [-0.2, 0) is 19.1 Å². The third-order valence-corrected chi connectivity index (χ3v) is 3.88. The average molecular weight is 418 g/mol. The van der Waals surface area contributed by atoms with Crippen LogP contribution in [0.3, 0.4) is 0 Å². The number of carbonyl (C=O) groups is 4. The van der Waals surface area contributed by atoms with E-state index >= 15 is 0 Å². The van der Waals surface area contributed by atoms with Crippen LogP contribution in [-0.4, -0.2) is 30.3 Å². The summed E-state index contributed by atoms with van der Waals surface area (Å²) in [5.41, 5.74) is 5.50. The zero-order valence-electron chi connectivity index (χ0n) is 15.4. The van der Waals surface area contributed by atoms with E-state index in [-0.39, 0.29) is 19.3 Å². The number of esters is 1. The van der Waals surface area contributed by atoms with Gasteiger partial charge in [0.25, 0.3) is 11.8 Å². The molecular formula is C20H20ClN3O5. The van der Waals surface area contributed by atoms with Crippen molar-refractivity contribution in [2.45, 2.75) is 19.3 Å². The minimum atomic E-state index is -0.600. The normalized spacial score (nSPS) is 9.97. The molecule has 0 aliphatic heterocycles. The van der Waals surface area contributed by atoms with E-state index in [1.807, 2.05) is 0 Å². The Labute approximate surface area is 172 Å².